The Hall–Kier alpha value is -2.00. The van der Waals surface area contributed by atoms with Gasteiger partial charge in [0.1, 0.15) is 12.1 Å². The Morgan fingerprint density at radius 3 is 2.59 bits per heavy atom. The number of likely N-dealkylation sites (N-methyl/N-ethyl adjacent to an activating group) is 1. The predicted octanol–water partition coefficient (Wildman–Crippen LogP) is 3.01. The van der Waals surface area contributed by atoms with Gasteiger partial charge in [-0.05, 0) is 44.3 Å². The van der Waals surface area contributed by atoms with Crippen molar-refractivity contribution < 1.29 is 0 Å². The summed E-state index contributed by atoms with van der Waals surface area (Å²) in [5.41, 5.74) is 3.65. The maximum absolute atomic E-state index is 8.98. The molecule has 0 unspecified atom stereocenters. The molecule has 2 aliphatic rings. The van der Waals surface area contributed by atoms with Gasteiger partial charge in [-0.25, -0.2) is 0 Å². The fourth-order valence-electron chi connectivity index (χ4n) is 2.53. The van der Waals surface area contributed by atoms with Gasteiger partial charge < -0.3 is 4.90 Å². The summed E-state index contributed by atoms with van der Waals surface area (Å²) in [6.45, 7) is 2.87. The lowest BCUT2D eigenvalue weighted by Crippen LogP contribution is -2.27. The van der Waals surface area contributed by atoms with E-state index in [1.807, 2.05) is 18.2 Å². The third kappa shape index (κ3) is 1.97. The van der Waals surface area contributed by atoms with Crippen molar-refractivity contribution in [2.45, 2.75) is 32.6 Å². The highest BCUT2D eigenvalue weighted by molar-refractivity contribution is 5.50. The van der Waals surface area contributed by atoms with Crippen LogP contribution in [0.4, 0.5) is 0 Å². The van der Waals surface area contributed by atoms with Crippen molar-refractivity contribution in [3.63, 3.8) is 0 Å². The van der Waals surface area contributed by atoms with Crippen LogP contribution < -0.4 is 0 Å². The van der Waals surface area contributed by atoms with Crippen LogP contribution in [0.3, 0.4) is 0 Å². The minimum absolute atomic E-state index is 0.209. The summed E-state index contributed by atoms with van der Waals surface area (Å²) in [6.07, 6.45) is 8.60. The summed E-state index contributed by atoms with van der Waals surface area (Å²) in [5.74, 6) is 0. The lowest BCUT2D eigenvalue weighted by atomic mass is 9.91. The molecule has 3 heteroatoms. The predicted molar refractivity (Wildman–Crippen MR) is 65.3 cm³/mol. The number of hydrogen-bond acceptors (Lipinski definition) is 3. The molecule has 1 aliphatic carbocycles. The minimum atomic E-state index is 0.209. The molecule has 86 valence electrons. The third-order valence-electron chi connectivity index (χ3n) is 3.34. The van der Waals surface area contributed by atoms with Crippen molar-refractivity contribution in [3.05, 3.63) is 34.7 Å². The van der Waals surface area contributed by atoms with Gasteiger partial charge in [0.2, 0.25) is 0 Å². The molecular formula is C14H15N3. The lowest BCUT2D eigenvalue weighted by Gasteiger charge is -2.34. The largest absolute Gasteiger partial charge is 0.343 e. The molecule has 0 saturated heterocycles. The molecule has 3 nitrogen and oxygen atoms in total. The standard InChI is InChI=1S/C14H15N3/c1-2-17-13-6-4-3-5-11(13)7-8-14(17)12(9-15)10-16/h7-8H,2-6H2,1H3. The van der Waals surface area contributed by atoms with E-state index in [0.29, 0.717) is 0 Å². The van der Waals surface area contributed by atoms with Crippen molar-refractivity contribution >= 4 is 0 Å². The van der Waals surface area contributed by atoms with Gasteiger partial charge in [-0.3, -0.25) is 0 Å². The summed E-state index contributed by atoms with van der Waals surface area (Å²) in [6, 6.07) is 3.97. The second kappa shape index (κ2) is 4.89. The molecule has 0 saturated carbocycles. The molecule has 0 N–H and O–H groups in total. The number of nitrogens with zero attached hydrogens (tertiary/aromatic N) is 3. The number of rotatable bonds is 1. The second-order valence-corrected chi connectivity index (χ2v) is 4.24. The summed E-state index contributed by atoms with van der Waals surface area (Å²) < 4.78 is 0. The summed E-state index contributed by atoms with van der Waals surface area (Å²) >= 11 is 0. The average molecular weight is 225 g/mol. The minimum Gasteiger partial charge on any atom is -0.343 e. The Labute approximate surface area is 102 Å². The second-order valence-electron chi connectivity index (χ2n) is 4.24. The molecule has 1 aliphatic heterocycles. The zero-order valence-electron chi connectivity index (χ0n) is 10.0. The Morgan fingerprint density at radius 2 is 1.94 bits per heavy atom. The first-order valence-corrected chi connectivity index (χ1v) is 6.04. The van der Waals surface area contributed by atoms with Crippen LogP contribution in [0.5, 0.6) is 0 Å². The maximum atomic E-state index is 8.98. The summed E-state index contributed by atoms with van der Waals surface area (Å²) in [7, 11) is 0. The van der Waals surface area contributed by atoms with Crippen LogP contribution in [0.15, 0.2) is 34.7 Å². The zero-order valence-corrected chi connectivity index (χ0v) is 10.0. The number of hydrogen-bond donors (Lipinski definition) is 0. The van der Waals surface area contributed by atoms with E-state index in [4.69, 9.17) is 10.5 Å². The fourth-order valence-corrected chi connectivity index (χ4v) is 2.53. The van der Waals surface area contributed by atoms with Crippen molar-refractivity contribution in [3.8, 4) is 12.1 Å². The smallest absolute Gasteiger partial charge is 0.153 e. The average Bonchev–Trinajstić information content (AvgIpc) is 2.39. The van der Waals surface area contributed by atoms with Crippen molar-refractivity contribution in [2.75, 3.05) is 6.54 Å². The van der Waals surface area contributed by atoms with Gasteiger partial charge in [0.05, 0.1) is 5.70 Å². The van der Waals surface area contributed by atoms with Gasteiger partial charge >= 0.3 is 0 Å². The van der Waals surface area contributed by atoms with Crippen LogP contribution in [0.25, 0.3) is 0 Å². The van der Waals surface area contributed by atoms with Crippen LogP contribution in [0, 0.1) is 22.7 Å². The summed E-state index contributed by atoms with van der Waals surface area (Å²) in [4.78, 5) is 2.12. The Balaban J connectivity index is 2.47. The molecule has 0 radical (unpaired) electrons. The third-order valence-corrected chi connectivity index (χ3v) is 3.34. The molecule has 0 fully saturated rings. The molecule has 1 heterocycles. The highest BCUT2D eigenvalue weighted by Gasteiger charge is 2.23. The van der Waals surface area contributed by atoms with Crippen molar-refractivity contribution in [1.82, 2.24) is 4.90 Å². The van der Waals surface area contributed by atoms with E-state index in [1.54, 1.807) is 0 Å². The number of allylic oxidation sites excluding steroid dienone is 5. The first kappa shape index (κ1) is 11.5. The quantitative estimate of drug-likeness (QED) is 0.644. The van der Waals surface area contributed by atoms with Crippen LogP contribution in [0.2, 0.25) is 0 Å². The highest BCUT2D eigenvalue weighted by Crippen LogP contribution is 2.34. The molecule has 0 aromatic heterocycles. The van der Waals surface area contributed by atoms with E-state index in [2.05, 4.69) is 17.9 Å². The molecule has 0 bridgehead atoms. The first-order chi connectivity index (χ1) is 8.31. The molecule has 17 heavy (non-hydrogen) atoms. The van der Waals surface area contributed by atoms with Crippen LogP contribution in [0.1, 0.15) is 32.6 Å². The maximum Gasteiger partial charge on any atom is 0.153 e. The van der Waals surface area contributed by atoms with E-state index in [1.165, 1.54) is 24.1 Å². The van der Waals surface area contributed by atoms with Crippen LogP contribution >= 0.6 is 0 Å². The van der Waals surface area contributed by atoms with Gasteiger partial charge in [0.15, 0.2) is 5.57 Å². The molecular weight excluding hydrogens is 210 g/mol. The zero-order chi connectivity index (χ0) is 12.3. The molecule has 0 amide bonds. The Morgan fingerprint density at radius 1 is 1.24 bits per heavy atom. The highest BCUT2D eigenvalue weighted by atomic mass is 15.1. The molecule has 2 rings (SSSR count). The van der Waals surface area contributed by atoms with Gasteiger partial charge in [0.25, 0.3) is 0 Å². The molecule has 0 atom stereocenters. The molecule has 0 spiro atoms. The van der Waals surface area contributed by atoms with E-state index in [9.17, 15) is 0 Å². The fraction of sp³-hybridized carbons (Fsp3) is 0.429. The summed E-state index contributed by atoms with van der Waals surface area (Å²) in [5, 5.41) is 18.0. The van der Waals surface area contributed by atoms with Crippen LogP contribution in [-0.2, 0) is 0 Å². The lowest BCUT2D eigenvalue weighted by molar-refractivity contribution is 0.411. The van der Waals surface area contributed by atoms with E-state index in [0.717, 1.165) is 25.1 Å². The molecule has 0 aromatic rings. The van der Waals surface area contributed by atoms with Gasteiger partial charge in [-0.2, -0.15) is 10.5 Å². The van der Waals surface area contributed by atoms with E-state index < -0.39 is 0 Å². The van der Waals surface area contributed by atoms with Crippen molar-refractivity contribution in [2.24, 2.45) is 0 Å². The van der Waals surface area contributed by atoms with Gasteiger partial charge in [-0.15, -0.1) is 0 Å². The van der Waals surface area contributed by atoms with Gasteiger partial charge in [0, 0.05) is 12.2 Å². The normalized spacial score (nSPS) is 18.5. The Kier molecular flexibility index (Phi) is 3.30. The van der Waals surface area contributed by atoms with E-state index in [-0.39, 0.29) is 5.57 Å². The first-order valence-electron chi connectivity index (χ1n) is 6.04. The molecule has 0 aromatic carbocycles. The monoisotopic (exact) mass is 225 g/mol. The SMILES string of the molecule is CCN1C(=C(C#N)C#N)C=CC2=C1CCCC2. The Bertz CT molecular complexity index is 479. The van der Waals surface area contributed by atoms with Gasteiger partial charge in [-0.1, -0.05) is 6.08 Å². The van der Waals surface area contributed by atoms with Crippen molar-refractivity contribution in [1.29, 1.82) is 10.5 Å². The number of nitriles is 2. The topological polar surface area (TPSA) is 50.8 Å². The van der Waals surface area contributed by atoms with E-state index >= 15 is 0 Å². The van der Waals surface area contributed by atoms with Crippen LogP contribution in [-0.4, -0.2) is 11.4 Å².